The molecule has 0 saturated carbocycles. The summed E-state index contributed by atoms with van der Waals surface area (Å²) in [6, 6.07) is 3.85. The number of nitrogens with one attached hydrogen (secondary N) is 1. The third-order valence-electron chi connectivity index (χ3n) is 2.49. The summed E-state index contributed by atoms with van der Waals surface area (Å²) in [6.07, 6.45) is 6.80. The molecule has 4 nitrogen and oxygen atoms in total. The van der Waals surface area contributed by atoms with Crippen molar-refractivity contribution in [2.24, 2.45) is 0 Å². The van der Waals surface area contributed by atoms with Crippen molar-refractivity contribution in [3.8, 4) is 12.1 Å². The highest BCUT2D eigenvalue weighted by atomic mass is 14.9. The van der Waals surface area contributed by atoms with Gasteiger partial charge in [0.25, 0.3) is 0 Å². The van der Waals surface area contributed by atoms with E-state index in [0.717, 1.165) is 18.7 Å². The average molecular weight is 216 g/mol. The van der Waals surface area contributed by atoms with Crippen LogP contribution in [0.2, 0.25) is 0 Å². The molecule has 0 unspecified atom stereocenters. The Balaban J connectivity index is 2.41. The number of H-pyrrole nitrogens is 1. The number of aromatic nitrogens is 2. The van der Waals surface area contributed by atoms with Crippen LogP contribution in [0.3, 0.4) is 0 Å². The Bertz CT molecular complexity index is 374. The molecule has 0 amide bonds. The van der Waals surface area contributed by atoms with Crippen LogP contribution in [-0.2, 0) is 6.42 Å². The second-order valence-electron chi connectivity index (χ2n) is 3.79. The minimum atomic E-state index is 0.214. The molecule has 0 radical (unpaired) electrons. The maximum atomic E-state index is 8.73. The maximum absolute atomic E-state index is 8.73. The van der Waals surface area contributed by atoms with Gasteiger partial charge in [0.2, 0.25) is 0 Å². The standard InChI is InChI=1S/C12H16N4/c1-2-3-4-5-6-7-12-15-10(8-13)11(9-14)16-12/h2-7H2,1H3,(H,15,16). The van der Waals surface area contributed by atoms with Crippen LogP contribution in [0.5, 0.6) is 0 Å². The van der Waals surface area contributed by atoms with E-state index >= 15 is 0 Å². The fourth-order valence-electron chi connectivity index (χ4n) is 1.60. The molecule has 0 aliphatic rings. The van der Waals surface area contributed by atoms with E-state index in [4.69, 9.17) is 10.5 Å². The van der Waals surface area contributed by atoms with Gasteiger partial charge in [0, 0.05) is 6.42 Å². The summed E-state index contributed by atoms with van der Waals surface area (Å²) in [5, 5.41) is 17.5. The molecule has 4 heteroatoms. The molecule has 84 valence electrons. The zero-order chi connectivity index (χ0) is 11.8. The number of imidazole rings is 1. The zero-order valence-electron chi connectivity index (χ0n) is 9.58. The lowest BCUT2D eigenvalue weighted by atomic mass is 10.1. The lowest BCUT2D eigenvalue weighted by molar-refractivity contribution is 0.624. The monoisotopic (exact) mass is 216 g/mol. The largest absolute Gasteiger partial charge is 0.333 e. The summed E-state index contributed by atoms with van der Waals surface area (Å²) in [7, 11) is 0. The van der Waals surface area contributed by atoms with E-state index in [1.807, 2.05) is 12.1 Å². The lowest BCUT2D eigenvalue weighted by Crippen LogP contribution is -1.89. The number of hydrogen-bond donors (Lipinski definition) is 1. The Morgan fingerprint density at radius 3 is 2.44 bits per heavy atom. The molecular formula is C12H16N4. The van der Waals surface area contributed by atoms with Crippen LogP contribution in [0.15, 0.2) is 0 Å². The van der Waals surface area contributed by atoms with Crippen LogP contribution in [0, 0.1) is 22.7 Å². The molecular weight excluding hydrogens is 200 g/mol. The zero-order valence-corrected chi connectivity index (χ0v) is 9.58. The number of aryl methyl sites for hydroxylation is 1. The van der Waals surface area contributed by atoms with E-state index in [9.17, 15) is 0 Å². The third-order valence-corrected chi connectivity index (χ3v) is 2.49. The van der Waals surface area contributed by atoms with Crippen molar-refractivity contribution in [2.75, 3.05) is 0 Å². The Labute approximate surface area is 95.9 Å². The molecule has 0 atom stereocenters. The Kier molecular flexibility index (Phi) is 5.08. The number of nitriles is 2. The molecule has 1 N–H and O–H groups in total. The maximum Gasteiger partial charge on any atom is 0.176 e. The average Bonchev–Trinajstić information content (AvgIpc) is 2.71. The van der Waals surface area contributed by atoms with Crippen LogP contribution in [0.25, 0.3) is 0 Å². The number of aromatic amines is 1. The van der Waals surface area contributed by atoms with E-state index in [2.05, 4.69) is 16.9 Å². The quantitative estimate of drug-likeness (QED) is 0.742. The van der Waals surface area contributed by atoms with Gasteiger partial charge in [-0.3, -0.25) is 0 Å². The second-order valence-corrected chi connectivity index (χ2v) is 3.79. The summed E-state index contributed by atoms with van der Waals surface area (Å²) in [4.78, 5) is 6.96. The first kappa shape index (κ1) is 12.3. The summed E-state index contributed by atoms with van der Waals surface area (Å²) >= 11 is 0. The van der Waals surface area contributed by atoms with Crippen molar-refractivity contribution in [3.63, 3.8) is 0 Å². The number of nitrogens with zero attached hydrogens (tertiary/aromatic N) is 3. The molecule has 1 aromatic rings. The minimum absolute atomic E-state index is 0.214. The van der Waals surface area contributed by atoms with Crippen molar-refractivity contribution in [1.82, 2.24) is 9.97 Å². The van der Waals surface area contributed by atoms with Gasteiger partial charge < -0.3 is 4.98 Å². The first-order valence-corrected chi connectivity index (χ1v) is 5.71. The molecule has 0 bridgehead atoms. The fraction of sp³-hybridized carbons (Fsp3) is 0.583. The molecule has 1 rings (SSSR count). The highest BCUT2D eigenvalue weighted by Crippen LogP contribution is 2.09. The van der Waals surface area contributed by atoms with Gasteiger partial charge in [-0.15, -0.1) is 0 Å². The second kappa shape index (κ2) is 6.63. The summed E-state index contributed by atoms with van der Waals surface area (Å²) in [5.74, 6) is 0.754. The van der Waals surface area contributed by atoms with Gasteiger partial charge in [-0.25, -0.2) is 4.98 Å². The van der Waals surface area contributed by atoms with Crippen molar-refractivity contribution in [2.45, 2.75) is 45.4 Å². The molecule has 0 aliphatic heterocycles. The van der Waals surface area contributed by atoms with Gasteiger partial charge in [0.1, 0.15) is 18.0 Å². The summed E-state index contributed by atoms with van der Waals surface area (Å²) in [5.41, 5.74) is 0.497. The van der Waals surface area contributed by atoms with E-state index in [1.165, 1.54) is 25.7 Å². The van der Waals surface area contributed by atoms with Crippen LogP contribution >= 0.6 is 0 Å². The van der Waals surface area contributed by atoms with Crippen molar-refractivity contribution in [3.05, 3.63) is 17.2 Å². The molecule has 0 saturated heterocycles. The predicted octanol–water partition coefficient (Wildman–Crippen LogP) is 2.67. The number of rotatable bonds is 6. The van der Waals surface area contributed by atoms with Crippen LogP contribution in [0.1, 0.15) is 56.2 Å². The van der Waals surface area contributed by atoms with Gasteiger partial charge in [0.15, 0.2) is 11.4 Å². The smallest absolute Gasteiger partial charge is 0.176 e. The lowest BCUT2D eigenvalue weighted by Gasteiger charge is -1.97. The van der Waals surface area contributed by atoms with Crippen molar-refractivity contribution in [1.29, 1.82) is 10.5 Å². The first-order valence-electron chi connectivity index (χ1n) is 5.71. The van der Waals surface area contributed by atoms with Crippen molar-refractivity contribution < 1.29 is 0 Å². The van der Waals surface area contributed by atoms with Crippen LogP contribution in [0.4, 0.5) is 0 Å². The topological polar surface area (TPSA) is 76.3 Å². The summed E-state index contributed by atoms with van der Waals surface area (Å²) < 4.78 is 0. The van der Waals surface area contributed by atoms with Gasteiger partial charge in [-0.2, -0.15) is 10.5 Å². The Morgan fingerprint density at radius 2 is 1.88 bits per heavy atom. The number of hydrogen-bond acceptors (Lipinski definition) is 3. The van der Waals surface area contributed by atoms with E-state index in [-0.39, 0.29) is 11.4 Å². The van der Waals surface area contributed by atoms with Crippen LogP contribution in [-0.4, -0.2) is 9.97 Å². The van der Waals surface area contributed by atoms with Gasteiger partial charge in [-0.05, 0) is 6.42 Å². The fourth-order valence-corrected chi connectivity index (χ4v) is 1.60. The van der Waals surface area contributed by atoms with E-state index in [0.29, 0.717) is 0 Å². The van der Waals surface area contributed by atoms with Gasteiger partial charge in [0.05, 0.1) is 0 Å². The van der Waals surface area contributed by atoms with Crippen molar-refractivity contribution >= 4 is 0 Å². The van der Waals surface area contributed by atoms with Crippen LogP contribution < -0.4 is 0 Å². The molecule has 0 aliphatic carbocycles. The first-order chi connectivity index (χ1) is 7.81. The molecule has 0 aromatic carbocycles. The van der Waals surface area contributed by atoms with Gasteiger partial charge >= 0.3 is 0 Å². The number of unbranched alkanes of at least 4 members (excludes halogenated alkanes) is 4. The molecule has 16 heavy (non-hydrogen) atoms. The van der Waals surface area contributed by atoms with Gasteiger partial charge in [-0.1, -0.05) is 32.6 Å². The molecule has 1 heterocycles. The summed E-state index contributed by atoms with van der Waals surface area (Å²) in [6.45, 7) is 2.19. The highest BCUT2D eigenvalue weighted by Gasteiger charge is 2.08. The molecule has 0 fully saturated rings. The van der Waals surface area contributed by atoms with E-state index < -0.39 is 0 Å². The highest BCUT2D eigenvalue weighted by molar-refractivity contribution is 5.36. The minimum Gasteiger partial charge on any atom is -0.333 e. The third kappa shape index (κ3) is 3.40. The predicted molar refractivity (Wildman–Crippen MR) is 60.5 cm³/mol. The Morgan fingerprint density at radius 1 is 1.12 bits per heavy atom. The molecule has 0 spiro atoms. The normalized spacial score (nSPS) is 9.69. The molecule has 1 aromatic heterocycles. The van der Waals surface area contributed by atoms with E-state index in [1.54, 1.807) is 0 Å². The SMILES string of the molecule is CCCCCCCc1nc(C#N)c(C#N)[nH]1. The Hall–Kier alpha value is -1.81.